The first-order chi connectivity index (χ1) is 7.17. The second-order valence-corrected chi connectivity index (χ2v) is 4.18. The summed E-state index contributed by atoms with van der Waals surface area (Å²) in [5.74, 6) is 0.816. The van der Waals surface area contributed by atoms with E-state index >= 15 is 0 Å². The number of hydrogen-bond acceptors (Lipinski definition) is 3. The van der Waals surface area contributed by atoms with E-state index < -0.39 is 0 Å². The van der Waals surface area contributed by atoms with Crippen molar-refractivity contribution in [3.05, 3.63) is 28.2 Å². The van der Waals surface area contributed by atoms with Gasteiger partial charge in [0.15, 0.2) is 0 Å². The Morgan fingerprint density at radius 1 is 1.47 bits per heavy atom. The van der Waals surface area contributed by atoms with Gasteiger partial charge in [0.25, 0.3) is 0 Å². The third-order valence-corrected chi connectivity index (χ3v) is 2.73. The molecule has 1 rings (SSSR count). The van der Waals surface area contributed by atoms with Gasteiger partial charge in [-0.25, -0.2) is 0 Å². The molecule has 0 aliphatic rings. The summed E-state index contributed by atoms with van der Waals surface area (Å²) in [5, 5.41) is 0. The zero-order valence-corrected chi connectivity index (χ0v) is 10.6. The molecule has 0 aliphatic carbocycles. The van der Waals surface area contributed by atoms with Crippen LogP contribution in [0.3, 0.4) is 0 Å². The maximum Gasteiger partial charge on any atom is 0.133 e. The Labute approximate surface area is 98.7 Å². The van der Waals surface area contributed by atoms with E-state index in [2.05, 4.69) is 15.9 Å². The van der Waals surface area contributed by atoms with E-state index in [0.29, 0.717) is 13.2 Å². The number of ether oxygens (including phenoxy) is 2. The summed E-state index contributed by atoms with van der Waals surface area (Å²) in [6, 6.07) is 5.83. The third kappa shape index (κ3) is 3.81. The van der Waals surface area contributed by atoms with E-state index in [1.807, 2.05) is 25.1 Å². The summed E-state index contributed by atoms with van der Waals surface area (Å²) in [6.45, 7) is 3.03. The first kappa shape index (κ1) is 12.5. The molecule has 4 heteroatoms. The topological polar surface area (TPSA) is 44.5 Å². The summed E-state index contributed by atoms with van der Waals surface area (Å²) in [4.78, 5) is 0. The van der Waals surface area contributed by atoms with Crippen LogP contribution in [0.1, 0.15) is 12.5 Å². The number of benzene rings is 1. The van der Waals surface area contributed by atoms with Crippen molar-refractivity contribution in [2.75, 3.05) is 13.7 Å². The fraction of sp³-hybridized carbons (Fsp3) is 0.455. The summed E-state index contributed by atoms with van der Waals surface area (Å²) in [6.07, 6.45) is 0.0890. The molecular formula is C11H16BrNO2. The molecule has 0 spiro atoms. The van der Waals surface area contributed by atoms with E-state index in [-0.39, 0.29) is 6.10 Å². The van der Waals surface area contributed by atoms with Gasteiger partial charge in [-0.3, -0.25) is 0 Å². The van der Waals surface area contributed by atoms with Crippen LogP contribution < -0.4 is 10.5 Å². The molecule has 1 unspecified atom stereocenters. The molecule has 0 amide bonds. The molecule has 1 aromatic rings. The van der Waals surface area contributed by atoms with E-state index in [1.165, 1.54) is 0 Å². The first-order valence-electron chi connectivity index (χ1n) is 4.81. The molecule has 0 fully saturated rings. The quantitative estimate of drug-likeness (QED) is 0.896. The van der Waals surface area contributed by atoms with Crippen molar-refractivity contribution in [3.63, 3.8) is 0 Å². The van der Waals surface area contributed by atoms with Gasteiger partial charge in [0.1, 0.15) is 12.4 Å². The zero-order chi connectivity index (χ0) is 11.3. The highest BCUT2D eigenvalue weighted by molar-refractivity contribution is 9.10. The van der Waals surface area contributed by atoms with Gasteiger partial charge in [0, 0.05) is 13.7 Å². The van der Waals surface area contributed by atoms with Crippen LogP contribution in [0.2, 0.25) is 0 Å². The number of methoxy groups -OCH3 is 1. The number of nitrogens with two attached hydrogens (primary N) is 1. The molecule has 0 saturated heterocycles. The molecule has 0 saturated carbocycles. The normalized spacial score (nSPS) is 12.5. The lowest BCUT2D eigenvalue weighted by Crippen LogP contribution is -2.16. The van der Waals surface area contributed by atoms with Crippen LogP contribution in [0.15, 0.2) is 22.7 Å². The van der Waals surface area contributed by atoms with Gasteiger partial charge >= 0.3 is 0 Å². The summed E-state index contributed by atoms with van der Waals surface area (Å²) in [7, 11) is 1.67. The molecule has 2 N–H and O–H groups in total. The van der Waals surface area contributed by atoms with Crippen LogP contribution in [0.5, 0.6) is 5.75 Å². The second kappa shape index (κ2) is 6.10. The van der Waals surface area contributed by atoms with Gasteiger partial charge in [-0.2, -0.15) is 0 Å². The molecule has 84 valence electrons. The molecular weight excluding hydrogens is 258 g/mol. The van der Waals surface area contributed by atoms with Crippen molar-refractivity contribution < 1.29 is 9.47 Å². The van der Waals surface area contributed by atoms with Crippen LogP contribution in [-0.4, -0.2) is 19.8 Å². The van der Waals surface area contributed by atoms with Crippen molar-refractivity contribution in [3.8, 4) is 5.75 Å². The Balaban J connectivity index is 2.62. The molecule has 0 heterocycles. The maximum absolute atomic E-state index is 5.58. The number of rotatable bonds is 5. The van der Waals surface area contributed by atoms with Crippen LogP contribution in [0, 0.1) is 0 Å². The van der Waals surface area contributed by atoms with E-state index in [0.717, 1.165) is 15.8 Å². The third-order valence-electron chi connectivity index (χ3n) is 2.11. The molecule has 0 bridgehead atoms. The van der Waals surface area contributed by atoms with Crippen LogP contribution in [0.4, 0.5) is 0 Å². The predicted molar refractivity (Wildman–Crippen MR) is 64.0 cm³/mol. The Bertz CT molecular complexity index is 317. The SMILES string of the molecule is COC(C)COc1ccc(CN)cc1Br. The summed E-state index contributed by atoms with van der Waals surface area (Å²) in [5.41, 5.74) is 6.61. The van der Waals surface area contributed by atoms with Gasteiger partial charge in [-0.15, -0.1) is 0 Å². The number of halogens is 1. The molecule has 0 aromatic heterocycles. The molecule has 15 heavy (non-hydrogen) atoms. The zero-order valence-electron chi connectivity index (χ0n) is 9.00. The van der Waals surface area contributed by atoms with Crippen molar-refractivity contribution in [1.29, 1.82) is 0 Å². The summed E-state index contributed by atoms with van der Waals surface area (Å²) < 4.78 is 11.6. The van der Waals surface area contributed by atoms with Crippen LogP contribution >= 0.6 is 15.9 Å². The fourth-order valence-electron chi connectivity index (χ4n) is 1.06. The minimum Gasteiger partial charge on any atom is -0.490 e. The summed E-state index contributed by atoms with van der Waals surface area (Å²) >= 11 is 3.44. The molecule has 0 aliphatic heterocycles. The smallest absolute Gasteiger partial charge is 0.133 e. The monoisotopic (exact) mass is 273 g/mol. The van der Waals surface area contributed by atoms with Crippen LogP contribution in [-0.2, 0) is 11.3 Å². The Hall–Kier alpha value is -0.580. The van der Waals surface area contributed by atoms with Crippen LogP contribution in [0.25, 0.3) is 0 Å². The molecule has 1 aromatic carbocycles. The molecule has 3 nitrogen and oxygen atoms in total. The Morgan fingerprint density at radius 2 is 2.20 bits per heavy atom. The number of hydrogen-bond donors (Lipinski definition) is 1. The molecule has 1 atom stereocenters. The van der Waals surface area contributed by atoms with Gasteiger partial charge in [0.05, 0.1) is 10.6 Å². The highest BCUT2D eigenvalue weighted by atomic mass is 79.9. The van der Waals surface area contributed by atoms with Crippen molar-refractivity contribution in [2.45, 2.75) is 19.6 Å². The van der Waals surface area contributed by atoms with Crippen molar-refractivity contribution in [2.24, 2.45) is 5.73 Å². The highest BCUT2D eigenvalue weighted by Gasteiger charge is 2.04. The van der Waals surface area contributed by atoms with Gasteiger partial charge in [-0.05, 0) is 40.5 Å². The largest absolute Gasteiger partial charge is 0.490 e. The standard InChI is InChI=1S/C11H16BrNO2/c1-8(14-2)7-15-11-4-3-9(6-13)5-10(11)12/h3-5,8H,6-7,13H2,1-2H3. The van der Waals surface area contributed by atoms with Gasteiger partial charge < -0.3 is 15.2 Å². The first-order valence-corrected chi connectivity index (χ1v) is 5.60. The van der Waals surface area contributed by atoms with Gasteiger partial charge in [-0.1, -0.05) is 6.07 Å². The lowest BCUT2D eigenvalue weighted by Gasteiger charge is -2.13. The second-order valence-electron chi connectivity index (χ2n) is 3.33. The van der Waals surface area contributed by atoms with E-state index in [1.54, 1.807) is 7.11 Å². The van der Waals surface area contributed by atoms with Crippen molar-refractivity contribution in [1.82, 2.24) is 0 Å². The van der Waals surface area contributed by atoms with Crippen molar-refractivity contribution >= 4 is 15.9 Å². The minimum atomic E-state index is 0.0890. The average Bonchev–Trinajstić information content (AvgIpc) is 2.26. The fourth-order valence-corrected chi connectivity index (χ4v) is 1.60. The average molecular weight is 274 g/mol. The highest BCUT2D eigenvalue weighted by Crippen LogP contribution is 2.26. The Morgan fingerprint density at radius 3 is 2.73 bits per heavy atom. The minimum absolute atomic E-state index is 0.0890. The molecule has 0 radical (unpaired) electrons. The Kier molecular flexibility index (Phi) is 5.08. The lowest BCUT2D eigenvalue weighted by atomic mass is 10.2. The predicted octanol–water partition coefficient (Wildman–Crippen LogP) is 2.32. The lowest BCUT2D eigenvalue weighted by molar-refractivity contribution is 0.0714. The van der Waals surface area contributed by atoms with Gasteiger partial charge in [0.2, 0.25) is 0 Å². The van der Waals surface area contributed by atoms with E-state index in [4.69, 9.17) is 15.2 Å². The van der Waals surface area contributed by atoms with E-state index in [9.17, 15) is 0 Å². The maximum atomic E-state index is 5.58.